The molecule has 5 rings (SSSR count). The first kappa shape index (κ1) is 67.5. The van der Waals surface area contributed by atoms with E-state index in [2.05, 4.69) is 10.6 Å². The molecule has 5 amide bonds. The molecule has 20 nitrogen and oxygen atoms in total. The third kappa shape index (κ3) is 17.7. The van der Waals surface area contributed by atoms with Crippen molar-refractivity contribution in [1.29, 1.82) is 0 Å². The zero-order valence-corrected chi connectivity index (χ0v) is 50.7. The van der Waals surface area contributed by atoms with Crippen molar-refractivity contribution in [3.63, 3.8) is 0 Å². The second-order valence-electron chi connectivity index (χ2n) is 22.7. The number of Topliss-reactive ketones (excluding diaryl/α,β-unsaturated/α-hetero) is 3. The highest BCUT2D eigenvalue weighted by molar-refractivity contribution is 6.35. The number of ether oxygens (including phenoxy) is 5. The summed E-state index contributed by atoms with van der Waals surface area (Å²) in [4.78, 5) is 122. The van der Waals surface area contributed by atoms with Crippen molar-refractivity contribution in [2.24, 2.45) is 23.5 Å². The maximum absolute atomic E-state index is 16.2. The minimum absolute atomic E-state index is 0.00120. The van der Waals surface area contributed by atoms with Gasteiger partial charge in [0.15, 0.2) is 5.78 Å². The number of urea groups is 1. The van der Waals surface area contributed by atoms with Gasteiger partial charge in [0, 0.05) is 71.7 Å². The van der Waals surface area contributed by atoms with Gasteiger partial charge in [0.05, 0.1) is 48.4 Å². The molecule has 2 fully saturated rings. The van der Waals surface area contributed by atoms with Crippen LogP contribution >= 0.6 is 23.2 Å². The van der Waals surface area contributed by atoms with Crippen LogP contribution in [0.15, 0.2) is 48.1 Å². The van der Waals surface area contributed by atoms with Crippen LogP contribution in [0.1, 0.15) is 134 Å². The zero-order valence-electron chi connectivity index (χ0n) is 49.2. The molecule has 0 unspecified atom stereocenters. The molecule has 2 aromatic rings. The predicted molar refractivity (Wildman–Crippen MR) is 307 cm³/mol. The fourth-order valence-electron chi connectivity index (χ4n) is 10.6. The van der Waals surface area contributed by atoms with Gasteiger partial charge in [-0.25, -0.2) is 14.0 Å². The Morgan fingerprint density at radius 2 is 1.71 bits per heavy atom. The lowest BCUT2D eigenvalue weighted by Gasteiger charge is -2.41. The van der Waals surface area contributed by atoms with Crippen LogP contribution in [0.5, 0.6) is 5.75 Å². The second-order valence-corrected chi connectivity index (χ2v) is 23.5. The fourth-order valence-corrected chi connectivity index (χ4v) is 11.2. The number of epoxide rings is 1. The molecule has 4 bridgehead atoms. The lowest BCUT2D eigenvalue weighted by molar-refractivity contribution is -0.187. The number of nitrogens with one attached hydrogen (secondary N) is 2. The van der Waals surface area contributed by atoms with Gasteiger partial charge < -0.3 is 59.8 Å². The summed E-state index contributed by atoms with van der Waals surface area (Å²) in [6.07, 6.45) is 1.73. The quantitative estimate of drug-likeness (QED) is 0.0483. The van der Waals surface area contributed by atoms with Gasteiger partial charge in [0.1, 0.15) is 63.7 Å². The Morgan fingerprint density at radius 1 is 1.02 bits per heavy atom. The number of nitrogens with two attached hydrogens (primary N) is 1. The number of primary amides is 1. The highest BCUT2D eigenvalue weighted by Crippen LogP contribution is 2.50. The molecule has 2 aromatic carbocycles. The molecule has 3 aliphatic rings. The molecule has 2 saturated heterocycles. The van der Waals surface area contributed by atoms with Crippen LogP contribution in [-0.2, 0) is 65.4 Å². The van der Waals surface area contributed by atoms with Crippen molar-refractivity contribution in [2.45, 2.75) is 173 Å². The smallest absolute Gasteiger partial charge is 0.328 e. The Hall–Kier alpha value is -6.26. The SMILES string of the molecule is COc1cc2cc(c1Cl)N(C)C(=O)C[C@H](OC(=O)[C@H](C)N(C)C(=O)c1cc(F)c(CC(=O)[C@H](CCCNC(N)=O)NC(=O)[C@@H](CC(=O)CCCCC(C)=O)C(C)C)cc1Cl)[C@]1(C)O[C@H]1[C@H](C)[C@@H]1C[C@@](O)(CC(=O)O1)[C@H](OC)/C=C/C=C(\C)C2. The number of halogens is 3. The lowest BCUT2D eigenvalue weighted by Crippen LogP contribution is -2.53. The van der Waals surface area contributed by atoms with E-state index in [0.29, 0.717) is 37.1 Å². The number of likely N-dealkylation sites (N-methyl/N-ethyl adjacent to an activating group) is 1. The Balaban J connectivity index is 1.39. The fraction of sp³-hybridized carbons (Fsp3) is 0.583. The number of rotatable bonds is 23. The van der Waals surface area contributed by atoms with Crippen LogP contribution < -0.4 is 26.0 Å². The van der Waals surface area contributed by atoms with Crippen molar-refractivity contribution in [2.75, 3.05) is 39.8 Å². The minimum Gasteiger partial charge on any atom is -0.495 e. The number of ketones is 3. The first-order valence-corrected chi connectivity index (χ1v) is 28.6. The summed E-state index contributed by atoms with van der Waals surface area (Å²) in [6.45, 7) is 11.7. The highest BCUT2D eigenvalue weighted by Gasteiger charge is 2.64. The molecule has 10 atom stereocenters. The van der Waals surface area contributed by atoms with E-state index in [0.717, 1.165) is 28.2 Å². The first-order valence-electron chi connectivity index (χ1n) is 27.9. The Kier molecular flexibility index (Phi) is 24.0. The highest BCUT2D eigenvalue weighted by atomic mass is 35.5. The number of hydrogen-bond acceptors (Lipinski definition) is 15. The number of anilines is 1. The molecular weight excluding hydrogens is 1120 g/mol. The summed E-state index contributed by atoms with van der Waals surface area (Å²) in [5, 5.41) is 17.0. The molecule has 456 valence electrons. The van der Waals surface area contributed by atoms with E-state index in [1.807, 2.05) is 13.0 Å². The molecule has 0 radical (unpaired) electrons. The summed E-state index contributed by atoms with van der Waals surface area (Å²) in [7, 11) is 5.63. The number of fused-ring (bicyclic) bond motifs is 5. The molecule has 83 heavy (non-hydrogen) atoms. The van der Waals surface area contributed by atoms with Crippen LogP contribution in [0.25, 0.3) is 0 Å². The van der Waals surface area contributed by atoms with Gasteiger partial charge in [-0.1, -0.05) is 67.8 Å². The number of carbonyl (C=O) groups is 9. The molecule has 3 aliphatic heterocycles. The first-order chi connectivity index (χ1) is 38.9. The maximum atomic E-state index is 16.2. The second kappa shape index (κ2) is 29.5. The summed E-state index contributed by atoms with van der Waals surface area (Å²) in [5.74, 6) is -7.02. The van der Waals surface area contributed by atoms with E-state index in [1.54, 1.807) is 52.0 Å². The van der Waals surface area contributed by atoms with Gasteiger partial charge in [-0.2, -0.15) is 0 Å². The molecule has 0 saturated carbocycles. The summed E-state index contributed by atoms with van der Waals surface area (Å²) in [6, 6.07) is 1.98. The Labute approximate surface area is 494 Å². The molecule has 0 aliphatic carbocycles. The van der Waals surface area contributed by atoms with Crippen molar-refractivity contribution in [3.05, 3.63) is 80.6 Å². The number of esters is 2. The monoisotopic (exact) mass is 1200 g/mol. The van der Waals surface area contributed by atoms with Crippen molar-refractivity contribution >= 4 is 81.9 Å². The average molecular weight is 1200 g/mol. The van der Waals surface area contributed by atoms with E-state index in [9.17, 15) is 48.3 Å². The number of methoxy groups -OCH3 is 2. The van der Waals surface area contributed by atoms with Crippen LogP contribution in [0, 0.1) is 23.6 Å². The van der Waals surface area contributed by atoms with E-state index in [-0.39, 0.29) is 83.7 Å². The van der Waals surface area contributed by atoms with Crippen LogP contribution in [0.3, 0.4) is 0 Å². The zero-order chi connectivity index (χ0) is 61.8. The standard InChI is InChI=1S/C60H80Cl2FN5O15/c1-32(2)40(27-39(70)18-13-12-17-34(4)69)55(74)66-44(19-15-21-65-58(64)77)46(71)26-38-25-42(61)41(28-43(38)63)56(75)67(8)36(6)57(76)82-50-29-51(72)68(9)45-23-37(24-47(79-10)53(45)62)22-33(3)16-14-20-49(80-11)60(78)30-48(81-52(73)31-60)35(5)54-59(50,7)83-54/h14,16,20,23-25,28,32,35-36,40,44,48-50,54,78H,12-13,15,17-19,21-22,26-27,29-31H2,1-11H3,(H,66,74)(H3,64,65,77)/b20-14+,33-16+/t35-,36+,40+,44+,48+,49-,50+,54+,59+,60-/m1/s1. The number of allylic oxidation sites excluding steroid dienone is 3. The average Bonchev–Trinajstić information content (AvgIpc) is 2.14. The van der Waals surface area contributed by atoms with E-state index in [1.165, 1.54) is 47.1 Å². The number of hydrogen-bond donors (Lipinski definition) is 4. The van der Waals surface area contributed by atoms with Crippen molar-refractivity contribution < 1.29 is 76.3 Å². The number of aliphatic hydroxyl groups is 1. The molecule has 5 N–H and O–H groups in total. The molecule has 0 spiro atoms. The Morgan fingerprint density at radius 3 is 2.35 bits per heavy atom. The topological polar surface area (TPSA) is 280 Å². The maximum Gasteiger partial charge on any atom is 0.328 e. The lowest BCUT2D eigenvalue weighted by atomic mass is 9.78. The van der Waals surface area contributed by atoms with Crippen molar-refractivity contribution in [3.8, 4) is 5.75 Å². The number of amides is 5. The van der Waals surface area contributed by atoms with Crippen LogP contribution in [0.4, 0.5) is 14.9 Å². The van der Waals surface area contributed by atoms with Crippen LogP contribution in [-0.4, -0.2) is 146 Å². The summed E-state index contributed by atoms with van der Waals surface area (Å²) in [5.41, 5.74) is 3.43. The number of carbonyl (C=O) groups excluding carboxylic acids is 9. The van der Waals surface area contributed by atoms with E-state index in [4.69, 9.17) is 52.6 Å². The largest absolute Gasteiger partial charge is 0.495 e. The van der Waals surface area contributed by atoms with Gasteiger partial charge in [0.2, 0.25) is 11.8 Å². The van der Waals surface area contributed by atoms with Gasteiger partial charge in [-0.05, 0) is 101 Å². The normalized spacial score (nSPS) is 24.8. The third-order valence-electron chi connectivity index (χ3n) is 15.9. The molecular formula is C60H80Cl2FN5O15. The van der Waals surface area contributed by atoms with Gasteiger partial charge in [-0.3, -0.25) is 28.8 Å². The molecule has 23 heteroatoms. The van der Waals surface area contributed by atoms with E-state index >= 15 is 4.39 Å². The molecule has 0 aromatic heterocycles. The molecule has 3 heterocycles. The third-order valence-corrected chi connectivity index (χ3v) is 16.6. The summed E-state index contributed by atoms with van der Waals surface area (Å²) < 4.78 is 45.8. The van der Waals surface area contributed by atoms with E-state index < -0.39 is 120 Å². The number of nitrogens with zero attached hydrogens (tertiary/aromatic N) is 2. The minimum atomic E-state index is -1.69. The van der Waals surface area contributed by atoms with Crippen LogP contribution in [0.2, 0.25) is 10.0 Å². The predicted octanol–water partition coefficient (Wildman–Crippen LogP) is 7.30. The van der Waals surface area contributed by atoms with Gasteiger partial charge in [0.25, 0.3) is 5.91 Å². The Bertz CT molecular complexity index is 2850. The number of unbranched alkanes of at least 4 members (excludes halogenated alkanes) is 1. The van der Waals surface area contributed by atoms with Gasteiger partial charge >= 0.3 is 18.0 Å². The van der Waals surface area contributed by atoms with Gasteiger partial charge in [-0.15, -0.1) is 0 Å². The van der Waals surface area contributed by atoms with Crippen molar-refractivity contribution in [1.82, 2.24) is 15.5 Å². The summed E-state index contributed by atoms with van der Waals surface area (Å²) >= 11 is 13.5. The number of benzene rings is 2.